The number of rotatable bonds is 3. The molecule has 3 rings (SSSR count). The van der Waals surface area contributed by atoms with Gasteiger partial charge in [0.2, 0.25) is 0 Å². The Morgan fingerprint density at radius 3 is 2.95 bits per heavy atom. The highest BCUT2D eigenvalue weighted by Crippen LogP contribution is 2.28. The van der Waals surface area contributed by atoms with Gasteiger partial charge in [0, 0.05) is 16.9 Å². The molecule has 0 spiro atoms. The van der Waals surface area contributed by atoms with Crippen LogP contribution in [0.1, 0.15) is 17.2 Å². The van der Waals surface area contributed by atoms with Gasteiger partial charge < -0.3 is 4.74 Å². The third-order valence-corrected chi connectivity index (χ3v) is 4.64. The fourth-order valence-electron chi connectivity index (χ4n) is 2.37. The van der Waals surface area contributed by atoms with Crippen molar-refractivity contribution in [3.05, 3.63) is 47.8 Å². The summed E-state index contributed by atoms with van der Waals surface area (Å²) in [4.78, 5) is 0.00302. The Hall–Kier alpha value is -1.37. The van der Waals surface area contributed by atoms with Gasteiger partial charge in [0.05, 0.1) is 19.3 Å². The van der Waals surface area contributed by atoms with Crippen LogP contribution in [0.5, 0.6) is 0 Å². The second-order valence-electron chi connectivity index (χ2n) is 4.64. The van der Waals surface area contributed by atoms with Crippen molar-refractivity contribution < 1.29 is 13.2 Å². The first-order valence-electron chi connectivity index (χ1n) is 6.20. The number of halogens is 1. The summed E-state index contributed by atoms with van der Waals surface area (Å²) in [5.41, 5.74) is 2.39. The minimum Gasteiger partial charge on any atom is -0.371 e. The molecular weight excluding hydrogens is 300 g/mol. The molecule has 1 aliphatic heterocycles. The van der Waals surface area contributed by atoms with Crippen LogP contribution in [0.15, 0.2) is 41.6 Å². The van der Waals surface area contributed by atoms with Crippen LogP contribution in [0, 0.1) is 0 Å². The molecular formula is C13H13ClN2O3S. The Kier molecular flexibility index (Phi) is 3.54. The Bertz CT molecular complexity index is 727. The van der Waals surface area contributed by atoms with Crippen molar-refractivity contribution >= 4 is 19.7 Å². The summed E-state index contributed by atoms with van der Waals surface area (Å²) >= 11 is 0. The molecule has 1 aliphatic rings. The van der Waals surface area contributed by atoms with Gasteiger partial charge in [-0.3, -0.25) is 4.68 Å². The van der Waals surface area contributed by atoms with Crippen LogP contribution in [0.2, 0.25) is 0 Å². The van der Waals surface area contributed by atoms with Gasteiger partial charge in [-0.25, -0.2) is 8.42 Å². The van der Waals surface area contributed by atoms with E-state index < -0.39 is 9.05 Å². The maximum Gasteiger partial charge on any atom is 0.264 e. The fourth-order valence-corrected chi connectivity index (χ4v) is 3.03. The van der Waals surface area contributed by atoms with Gasteiger partial charge in [-0.15, -0.1) is 0 Å². The van der Waals surface area contributed by atoms with E-state index >= 15 is 0 Å². The molecule has 0 saturated carbocycles. The summed E-state index contributed by atoms with van der Waals surface area (Å²) in [5.74, 6) is 0. The molecule has 0 radical (unpaired) electrons. The molecule has 0 aliphatic carbocycles. The number of nitrogens with zero attached hydrogens (tertiary/aromatic N) is 2. The van der Waals surface area contributed by atoms with Gasteiger partial charge in [0.1, 0.15) is 11.0 Å². The smallest absolute Gasteiger partial charge is 0.264 e. The first-order chi connectivity index (χ1) is 9.54. The Labute approximate surface area is 121 Å². The minimum absolute atomic E-state index is 0.00302. The first-order valence-corrected chi connectivity index (χ1v) is 8.51. The molecule has 1 aromatic heterocycles. The molecule has 0 fully saturated rings. The third kappa shape index (κ3) is 2.72. The molecule has 1 unspecified atom stereocenters. The number of hydrogen-bond donors (Lipinski definition) is 0. The molecule has 0 bridgehead atoms. The van der Waals surface area contributed by atoms with Crippen molar-refractivity contribution in [2.75, 3.05) is 6.61 Å². The highest BCUT2D eigenvalue weighted by molar-refractivity contribution is 8.13. The van der Waals surface area contributed by atoms with Gasteiger partial charge in [-0.2, -0.15) is 5.10 Å². The van der Waals surface area contributed by atoms with E-state index in [4.69, 9.17) is 15.4 Å². The van der Waals surface area contributed by atoms with Crippen LogP contribution in [0.3, 0.4) is 0 Å². The quantitative estimate of drug-likeness (QED) is 0.815. The average molecular weight is 313 g/mol. The second kappa shape index (κ2) is 5.20. The van der Waals surface area contributed by atoms with E-state index in [2.05, 4.69) is 11.2 Å². The normalized spacial score (nSPS) is 18.8. The number of ether oxygens (including phenoxy) is 1. The molecule has 0 saturated heterocycles. The largest absolute Gasteiger partial charge is 0.371 e. The van der Waals surface area contributed by atoms with Crippen molar-refractivity contribution in [2.45, 2.75) is 24.0 Å². The lowest BCUT2D eigenvalue weighted by molar-refractivity contribution is 0.0282. The number of aromatic nitrogens is 2. The van der Waals surface area contributed by atoms with Crippen LogP contribution in [-0.4, -0.2) is 24.8 Å². The summed E-state index contributed by atoms with van der Waals surface area (Å²) in [6.07, 6.45) is 3.44. The average Bonchev–Trinajstić information content (AvgIpc) is 2.88. The van der Waals surface area contributed by atoms with E-state index in [-0.39, 0.29) is 11.0 Å². The number of benzene rings is 1. The minimum atomic E-state index is -3.74. The Balaban J connectivity index is 1.84. The van der Waals surface area contributed by atoms with Crippen LogP contribution < -0.4 is 0 Å². The van der Waals surface area contributed by atoms with E-state index in [1.165, 1.54) is 18.0 Å². The first kappa shape index (κ1) is 13.6. The molecule has 5 nitrogen and oxygen atoms in total. The summed E-state index contributed by atoms with van der Waals surface area (Å²) in [7, 11) is 1.55. The molecule has 0 N–H and O–H groups in total. The molecule has 106 valence electrons. The Morgan fingerprint density at radius 1 is 1.40 bits per heavy atom. The Morgan fingerprint density at radius 2 is 2.20 bits per heavy atom. The lowest BCUT2D eigenvalue weighted by Crippen LogP contribution is -2.20. The zero-order valence-electron chi connectivity index (χ0n) is 10.6. The van der Waals surface area contributed by atoms with Crippen LogP contribution in [-0.2, 0) is 26.8 Å². The molecule has 1 atom stereocenters. The summed E-state index contributed by atoms with van der Waals surface area (Å²) in [6.45, 7) is 1.12. The maximum absolute atomic E-state index is 11.2. The van der Waals surface area contributed by atoms with Gasteiger partial charge >= 0.3 is 0 Å². The van der Waals surface area contributed by atoms with E-state index in [9.17, 15) is 8.42 Å². The van der Waals surface area contributed by atoms with E-state index in [1.807, 2.05) is 18.2 Å². The monoisotopic (exact) mass is 312 g/mol. The highest BCUT2D eigenvalue weighted by atomic mass is 35.7. The lowest BCUT2D eigenvalue weighted by Gasteiger charge is -2.25. The van der Waals surface area contributed by atoms with E-state index in [0.717, 1.165) is 12.0 Å². The fraction of sp³-hybridized carbons (Fsp3) is 0.308. The maximum atomic E-state index is 11.2. The molecule has 0 amide bonds. The van der Waals surface area contributed by atoms with E-state index in [1.54, 1.807) is 4.68 Å². The predicted molar refractivity (Wildman–Crippen MR) is 74.1 cm³/mol. The topological polar surface area (TPSA) is 61.2 Å². The van der Waals surface area contributed by atoms with Gasteiger partial charge in [0.25, 0.3) is 9.05 Å². The van der Waals surface area contributed by atoms with Gasteiger partial charge in [-0.1, -0.05) is 24.3 Å². The van der Waals surface area contributed by atoms with Crippen molar-refractivity contribution in [3.63, 3.8) is 0 Å². The lowest BCUT2D eigenvalue weighted by atomic mass is 9.98. The molecule has 2 aromatic rings. The summed E-state index contributed by atoms with van der Waals surface area (Å²) in [5, 5.41) is 4.02. The van der Waals surface area contributed by atoms with Crippen molar-refractivity contribution in [1.82, 2.24) is 9.78 Å². The van der Waals surface area contributed by atoms with Crippen molar-refractivity contribution in [3.8, 4) is 0 Å². The van der Waals surface area contributed by atoms with Crippen LogP contribution in [0.4, 0.5) is 0 Å². The van der Waals surface area contributed by atoms with Crippen LogP contribution >= 0.6 is 10.7 Å². The molecule has 20 heavy (non-hydrogen) atoms. The van der Waals surface area contributed by atoms with Crippen molar-refractivity contribution in [2.24, 2.45) is 0 Å². The summed E-state index contributed by atoms with van der Waals surface area (Å²) in [6, 6.07) is 8.09. The highest BCUT2D eigenvalue weighted by Gasteiger charge is 2.22. The third-order valence-electron chi connectivity index (χ3n) is 3.34. The molecule has 1 aromatic carbocycles. The SMILES string of the molecule is O=S(=O)(Cl)c1cnn(CC2OCCc3ccccc32)c1. The zero-order valence-corrected chi connectivity index (χ0v) is 12.1. The zero-order chi connectivity index (χ0) is 14.2. The van der Waals surface area contributed by atoms with Crippen LogP contribution in [0.25, 0.3) is 0 Å². The molecule has 7 heteroatoms. The number of fused-ring (bicyclic) bond motifs is 1. The summed E-state index contributed by atoms with van der Waals surface area (Å²) < 4.78 is 29.7. The van der Waals surface area contributed by atoms with Gasteiger partial charge in [0.15, 0.2) is 0 Å². The second-order valence-corrected chi connectivity index (χ2v) is 7.21. The van der Waals surface area contributed by atoms with E-state index in [0.29, 0.717) is 13.2 Å². The predicted octanol–water partition coefficient (Wildman–Crippen LogP) is 2.12. The standard InChI is InChI=1S/C13H13ClN2O3S/c14-20(17,18)11-7-15-16(8-11)9-13-12-4-2-1-3-10(12)5-6-19-13/h1-4,7-8,13H,5-6,9H2. The molecule has 2 heterocycles. The number of hydrogen-bond acceptors (Lipinski definition) is 4. The van der Waals surface area contributed by atoms with Crippen molar-refractivity contribution in [1.29, 1.82) is 0 Å². The van der Waals surface area contributed by atoms with Gasteiger partial charge in [-0.05, 0) is 17.5 Å².